The molecule has 3 heterocycles. The van der Waals surface area contributed by atoms with Crippen LogP contribution in [0.1, 0.15) is 65.0 Å². The average Bonchev–Trinajstić information content (AvgIpc) is 3.41. The number of hydrogen-bond acceptors (Lipinski definition) is 8. The van der Waals surface area contributed by atoms with Crippen LogP contribution in [0.15, 0.2) is 42.7 Å². The second-order valence-electron chi connectivity index (χ2n) is 10.2. The molecule has 1 aliphatic heterocycles. The van der Waals surface area contributed by atoms with Crippen molar-refractivity contribution in [2.24, 2.45) is 0 Å². The predicted molar refractivity (Wildman–Crippen MR) is 170 cm³/mol. The van der Waals surface area contributed by atoms with E-state index >= 15 is 0 Å². The van der Waals surface area contributed by atoms with Gasteiger partial charge in [-0.05, 0) is 75.7 Å². The first-order valence-electron chi connectivity index (χ1n) is 14.2. The molecule has 0 saturated carbocycles. The lowest BCUT2D eigenvalue weighted by Gasteiger charge is -2.29. The van der Waals surface area contributed by atoms with Crippen LogP contribution in [0.2, 0.25) is 5.02 Å². The van der Waals surface area contributed by atoms with Gasteiger partial charge in [-0.3, -0.25) is 4.79 Å². The van der Waals surface area contributed by atoms with Gasteiger partial charge in [-0.2, -0.15) is 18.3 Å². The number of aldehydes is 2. The Morgan fingerprint density at radius 3 is 2.40 bits per heavy atom. The summed E-state index contributed by atoms with van der Waals surface area (Å²) in [6, 6.07) is 9.43. The summed E-state index contributed by atoms with van der Waals surface area (Å²) >= 11 is 5.30. The zero-order valence-electron chi connectivity index (χ0n) is 25.5. The number of nitrogen functional groups attached to an aromatic ring is 1. The van der Waals surface area contributed by atoms with E-state index in [1.165, 1.54) is 12.4 Å². The number of carbonyl (C=O) groups excluding carboxylic acids is 2. The predicted octanol–water partition coefficient (Wildman–Crippen LogP) is 6.19. The summed E-state index contributed by atoms with van der Waals surface area (Å²) in [5.74, 6) is 6.91. The Morgan fingerprint density at radius 2 is 1.80 bits per heavy atom. The molecule has 0 aliphatic carbocycles. The second-order valence-corrected chi connectivity index (χ2v) is 10.7. The zero-order valence-corrected chi connectivity index (χ0v) is 26.2. The van der Waals surface area contributed by atoms with Gasteiger partial charge < -0.3 is 20.7 Å². The monoisotopic (exact) mass is 641 g/mol. The summed E-state index contributed by atoms with van der Waals surface area (Å²) in [7, 11) is 4.05. The third-order valence-electron chi connectivity index (χ3n) is 6.99. The van der Waals surface area contributed by atoms with Crippen LogP contribution < -0.4 is 11.1 Å². The fraction of sp³-hybridized carbons (Fsp3) is 0.344. The van der Waals surface area contributed by atoms with Crippen LogP contribution in [0, 0.1) is 18.8 Å². The number of piperidine rings is 1. The number of carbonyl (C=O) groups is 2. The topological polar surface area (TPSA) is 119 Å². The molecule has 1 aliphatic rings. The van der Waals surface area contributed by atoms with E-state index in [0.29, 0.717) is 30.3 Å². The Labute approximate surface area is 265 Å². The molecule has 0 amide bonds. The molecule has 9 nitrogen and oxygen atoms in total. The number of benzene rings is 2. The summed E-state index contributed by atoms with van der Waals surface area (Å²) in [6.07, 6.45) is 0.908. The molecule has 1 saturated heterocycles. The number of aryl methyl sites for hydroxylation is 1. The highest BCUT2D eigenvalue weighted by Gasteiger charge is 2.33. The van der Waals surface area contributed by atoms with Crippen LogP contribution in [-0.4, -0.2) is 64.4 Å². The number of hydrogen-bond donors (Lipinski definition) is 2. The van der Waals surface area contributed by atoms with Crippen molar-refractivity contribution in [3.8, 4) is 11.8 Å². The smallest absolute Gasteiger partial charge is 0.388 e. The molecular formula is C32H35ClF3N7O2. The third-order valence-corrected chi connectivity index (χ3v) is 7.32. The van der Waals surface area contributed by atoms with Crippen LogP contribution >= 0.6 is 11.6 Å². The Morgan fingerprint density at radius 1 is 1.11 bits per heavy atom. The minimum absolute atomic E-state index is 0.0447. The maximum Gasteiger partial charge on any atom is 0.417 e. The Balaban J connectivity index is 0.000000271. The fourth-order valence-corrected chi connectivity index (χ4v) is 4.67. The number of halogens is 4. The molecule has 0 atom stereocenters. The van der Waals surface area contributed by atoms with Gasteiger partial charge in [0.1, 0.15) is 30.4 Å². The lowest BCUT2D eigenvalue weighted by molar-refractivity contribution is -0.137. The van der Waals surface area contributed by atoms with Gasteiger partial charge in [0.05, 0.1) is 22.0 Å². The molecule has 13 heteroatoms. The average molecular weight is 642 g/mol. The van der Waals surface area contributed by atoms with Crippen molar-refractivity contribution in [3.63, 3.8) is 0 Å². The van der Waals surface area contributed by atoms with E-state index in [4.69, 9.17) is 22.4 Å². The fourth-order valence-electron chi connectivity index (χ4n) is 4.45. The van der Waals surface area contributed by atoms with Gasteiger partial charge in [0, 0.05) is 30.3 Å². The summed E-state index contributed by atoms with van der Waals surface area (Å²) in [4.78, 5) is 30.3. The van der Waals surface area contributed by atoms with Crippen molar-refractivity contribution in [2.75, 3.05) is 38.2 Å². The van der Waals surface area contributed by atoms with Gasteiger partial charge in [0.25, 0.3) is 0 Å². The van der Waals surface area contributed by atoms with E-state index in [0.717, 1.165) is 72.2 Å². The summed E-state index contributed by atoms with van der Waals surface area (Å²) in [5, 5.41) is 8.31. The molecule has 238 valence electrons. The van der Waals surface area contributed by atoms with Crippen LogP contribution in [0.4, 0.5) is 24.7 Å². The van der Waals surface area contributed by atoms with Gasteiger partial charge in [-0.15, -0.1) is 0 Å². The molecular weight excluding hydrogens is 607 g/mol. The Kier molecular flexibility index (Phi) is 12.5. The number of likely N-dealkylation sites (tertiary alicyclic amines) is 1. The number of anilines is 2. The van der Waals surface area contributed by atoms with Crippen LogP contribution in [0.25, 0.3) is 11.0 Å². The Hall–Kier alpha value is -4.47. The van der Waals surface area contributed by atoms with Crippen molar-refractivity contribution in [3.05, 3.63) is 75.7 Å². The number of nitrogens with zero attached hydrogens (tertiary/aromatic N) is 5. The van der Waals surface area contributed by atoms with E-state index in [9.17, 15) is 22.8 Å². The van der Waals surface area contributed by atoms with Crippen LogP contribution in [0.5, 0.6) is 0 Å². The number of nitrogens with one attached hydrogen (secondary N) is 1. The summed E-state index contributed by atoms with van der Waals surface area (Å²) in [5.41, 5.74) is 9.66. The summed E-state index contributed by atoms with van der Waals surface area (Å²) in [6.45, 7) is 5.95. The van der Waals surface area contributed by atoms with Gasteiger partial charge in [-0.1, -0.05) is 36.6 Å². The maximum atomic E-state index is 12.2. The minimum Gasteiger partial charge on any atom is -0.388 e. The highest BCUT2D eigenvalue weighted by molar-refractivity contribution is 6.31. The first kappa shape index (κ1) is 35.0. The highest BCUT2D eigenvalue weighted by Crippen LogP contribution is 2.35. The van der Waals surface area contributed by atoms with Crippen molar-refractivity contribution in [1.29, 1.82) is 0 Å². The molecule has 0 radical (unpaired) electrons. The van der Waals surface area contributed by atoms with Gasteiger partial charge in [0.2, 0.25) is 0 Å². The molecule has 2 aromatic heterocycles. The van der Waals surface area contributed by atoms with Crippen molar-refractivity contribution in [1.82, 2.24) is 24.6 Å². The molecule has 0 unspecified atom stereocenters. The maximum absolute atomic E-state index is 12.2. The van der Waals surface area contributed by atoms with E-state index < -0.39 is 16.8 Å². The van der Waals surface area contributed by atoms with E-state index in [1.54, 1.807) is 0 Å². The molecule has 45 heavy (non-hydrogen) atoms. The Bertz CT molecular complexity index is 1690. The largest absolute Gasteiger partial charge is 0.417 e. The molecule has 3 N–H and O–H groups in total. The van der Waals surface area contributed by atoms with E-state index in [-0.39, 0.29) is 5.56 Å². The van der Waals surface area contributed by atoms with Gasteiger partial charge >= 0.3 is 6.18 Å². The van der Waals surface area contributed by atoms with E-state index in [1.807, 2.05) is 30.8 Å². The van der Waals surface area contributed by atoms with Crippen LogP contribution in [-0.2, 0) is 11.0 Å². The minimum atomic E-state index is -4.52. The van der Waals surface area contributed by atoms with Crippen molar-refractivity contribution in [2.45, 2.75) is 45.3 Å². The van der Waals surface area contributed by atoms with Gasteiger partial charge in [0.15, 0.2) is 5.65 Å². The zero-order chi connectivity index (χ0) is 33.1. The quantitative estimate of drug-likeness (QED) is 0.200. The van der Waals surface area contributed by atoms with Gasteiger partial charge in [-0.25, -0.2) is 14.6 Å². The highest BCUT2D eigenvalue weighted by atomic mass is 35.5. The number of nitrogens with two attached hydrogens (primary N) is 1. The van der Waals surface area contributed by atoms with Crippen molar-refractivity contribution >= 4 is 46.7 Å². The lowest BCUT2D eigenvalue weighted by Crippen LogP contribution is -2.32. The summed E-state index contributed by atoms with van der Waals surface area (Å²) < 4.78 is 38.5. The third kappa shape index (κ3) is 9.26. The standard InChI is InChI=1S/C21H25N7.C8H4ClF3O.C3H6O/c1-14-4-6-16(23-2)12-15(14)5-7-18-19-20(22)24-13-25-21(19)28(26-18)17-8-10-27(3)11-9-17;9-7-2-1-5(4-13)3-6(7)8(10,11)12;1-2-3-4/h4,6,12-13,17,23H,8-11H2,1-3H3,(H2,22,24,25);1-4H;3H,2H2,1H3. The number of aromatic nitrogens is 4. The molecule has 4 aromatic rings. The van der Waals surface area contributed by atoms with Crippen LogP contribution in [0.3, 0.4) is 0 Å². The SMILES string of the molecule is CCC=O.CNc1ccc(C)c(C#Cc2nn(C3CCN(C)CC3)c3ncnc(N)c23)c1.O=Cc1ccc(Cl)c(C(F)(F)F)c1. The van der Waals surface area contributed by atoms with Crippen molar-refractivity contribution < 1.29 is 22.8 Å². The normalized spacial score (nSPS) is 13.4. The first-order chi connectivity index (χ1) is 21.4. The molecule has 2 aromatic carbocycles. The lowest BCUT2D eigenvalue weighted by atomic mass is 10.1. The molecule has 5 rings (SSSR count). The molecule has 0 spiro atoms. The second kappa shape index (κ2) is 16.0. The molecule has 1 fully saturated rings. The first-order valence-corrected chi connectivity index (χ1v) is 14.5. The number of rotatable bonds is 4. The number of fused-ring (bicyclic) bond motifs is 1. The van der Waals surface area contributed by atoms with E-state index in [2.05, 4.69) is 52.1 Å². The number of alkyl halides is 3. The molecule has 0 bridgehead atoms.